The summed E-state index contributed by atoms with van der Waals surface area (Å²) in [5.41, 5.74) is 0.539. The van der Waals surface area contributed by atoms with Gasteiger partial charge < -0.3 is 10.4 Å². The minimum atomic E-state index is -0.0814. The molecule has 0 aliphatic carbocycles. The molecule has 0 spiro atoms. The normalized spacial score (nSPS) is 11.0. The first-order chi connectivity index (χ1) is 9.96. The Kier molecular flexibility index (Phi) is 7.27. The van der Waals surface area contributed by atoms with Crippen LogP contribution in [0, 0.1) is 16.7 Å². The Balaban J connectivity index is 2.20. The van der Waals surface area contributed by atoms with E-state index < -0.39 is 0 Å². The number of aliphatic hydroxyl groups excluding tert-OH is 1. The lowest BCUT2D eigenvalue weighted by Gasteiger charge is -2.21. The van der Waals surface area contributed by atoms with Crippen LogP contribution in [0.5, 0.6) is 0 Å². The summed E-state index contributed by atoms with van der Waals surface area (Å²) in [6.07, 6.45) is 1.74. The van der Waals surface area contributed by atoms with Gasteiger partial charge in [0.2, 0.25) is 5.91 Å². The molecule has 2 N–H and O–H groups in total. The van der Waals surface area contributed by atoms with Gasteiger partial charge in [0.15, 0.2) is 0 Å². The van der Waals surface area contributed by atoms with Gasteiger partial charge in [0.1, 0.15) is 0 Å². The molecule has 0 atom stereocenters. The molecule has 0 aliphatic heterocycles. The van der Waals surface area contributed by atoms with Crippen LogP contribution in [0.4, 0.5) is 0 Å². The standard InChI is InChI=1S/C16H22N2O2S/c1-16(2,12-19)8-3-9-18-15(20)11-21-14-6-4-13(10-17)5-7-14/h4-7,19H,3,8-9,11-12H2,1-2H3,(H,18,20). The van der Waals surface area contributed by atoms with Gasteiger partial charge in [-0.15, -0.1) is 11.8 Å². The van der Waals surface area contributed by atoms with Crippen molar-refractivity contribution in [1.29, 1.82) is 5.26 Å². The molecule has 0 fully saturated rings. The Hall–Kier alpha value is -1.51. The maximum Gasteiger partial charge on any atom is 0.230 e. The van der Waals surface area contributed by atoms with Gasteiger partial charge >= 0.3 is 0 Å². The summed E-state index contributed by atoms with van der Waals surface area (Å²) in [6, 6.07) is 9.25. The molecule has 21 heavy (non-hydrogen) atoms. The van der Waals surface area contributed by atoms with E-state index >= 15 is 0 Å². The summed E-state index contributed by atoms with van der Waals surface area (Å²) < 4.78 is 0. The number of benzene rings is 1. The van der Waals surface area contributed by atoms with Crippen molar-refractivity contribution in [3.8, 4) is 6.07 Å². The van der Waals surface area contributed by atoms with Crippen LogP contribution in [0.2, 0.25) is 0 Å². The number of aliphatic hydroxyl groups is 1. The molecular weight excluding hydrogens is 284 g/mol. The van der Waals surface area contributed by atoms with Gasteiger partial charge in [-0.1, -0.05) is 13.8 Å². The van der Waals surface area contributed by atoms with Crippen LogP contribution >= 0.6 is 11.8 Å². The highest BCUT2D eigenvalue weighted by atomic mass is 32.2. The second kappa shape index (κ2) is 8.71. The van der Waals surface area contributed by atoms with E-state index in [-0.39, 0.29) is 17.9 Å². The largest absolute Gasteiger partial charge is 0.396 e. The van der Waals surface area contributed by atoms with Gasteiger partial charge in [-0.3, -0.25) is 4.79 Å². The SMILES string of the molecule is CC(C)(CO)CCCNC(=O)CSc1ccc(C#N)cc1. The summed E-state index contributed by atoms with van der Waals surface area (Å²) in [5.74, 6) is 0.376. The summed E-state index contributed by atoms with van der Waals surface area (Å²) >= 11 is 1.45. The van der Waals surface area contributed by atoms with Crippen LogP contribution in [0.25, 0.3) is 0 Å². The fourth-order valence-corrected chi connectivity index (χ4v) is 2.43. The third-order valence-corrected chi connectivity index (χ3v) is 4.15. The monoisotopic (exact) mass is 306 g/mol. The molecule has 1 aromatic carbocycles. The second-order valence-electron chi connectivity index (χ2n) is 5.70. The number of rotatable bonds is 8. The molecule has 0 aromatic heterocycles. The maximum absolute atomic E-state index is 11.7. The van der Waals surface area contributed by atoms with Crippen LogP contribution in [0.15, 0.2) is 29.2 Å². The smallest absolute Gasteiger partial charge is 0.230 e. The Labute approximate surface area is 130 Å². The van der Waals surface area contributed by atoms with Crippen molar-refractivity contribution >= 4 is 17.7 Å². The van der Waals surface area contributed by atoms with Gasteiger partial charge in [-0.2, -0.15) is 5.26 Å². The fourth-order valence-electron chi connectivity index (χ4n) is 1.70. The van der Waals surface area contributed by atoms with Crippen LogP contribution < -0.4 is 5.32 Å². The molecule has 1 aromatic rings. The summed E-state index contributed by atoms with van der Waals surface area (Å²) in [5, 5.41) is 20.7. The molecule has 0 bridgehead atoms. The van der Waals surface area contributed by atoms with E-state index in [0.717, 1.165) is 17.7 Å². The van der Waals surface area contributed by atoms with Gasteiger partial charge in [-0.25, -0.2) is 0 Å². The predicted octanol–water partition coefficient (Wildman–Crippen LogP) is 2.57. The van der Waals surface area contributed by atoms with Gasteiger partial charge in [0.25, 0.3) is 0 Å². The van der Waals surface area contributed by atoms with Crippen LogP contribution in [-0.4, -0.2) is 29.9 Å². The number of nitrogens with zero attached hydrogens (tertiary/aromatic N) is 1. The fraction of sp³-hybridized carbons (Fsp3) is 0.500. The maximum atomic E-state index is 11.7. The molecule has 1 rings (SSSR count). The first-order valence-electron chi connectivity index (χ1n) is 6.97. The van der Waals surface area contributed by atoms with Gasteiger partial charge in [0.05, 0.1) is 17.4 Å². The topological polar surface area (TPSA) is 73.1 Å². The van der Waals surface area contributed by atoms with Crippen molar-refractivity contribution in [2.75, 3.05) is 18.9 Å². The second-order valence-corrected chi connectivity index (χ2v) is 6.75. The van der Waals surface area contributed by atoms with Crippen molar-refractivity contribution in [3.63, 3.8) is 0 Å². The number of carbonyl (C=O) groups excluding carboxylic acids is 1. The number of nitrogens with one attached hydrogen (secondary N) is 1. The van der Waals surface area contributed by atoms with Gasteiger partial charge in [0, 0.05) is 18.0 Å². The molecule has 0 saturated heterocycles. The van der Waals surface area contributed by atoms with Crippen molar-refractivity contribution in [2.24, 2.45) is 5.41 Å². The van der Waals surface area contributed by atoms with E-state index in [1.165, 1.54) is 11.8 Å². The lowest BCUT2D eigenvalue weighted by atomic mass is 9.89. The molecule has 4 nitrogen and oxygen atoms in total. The van der Waals surface area contributed by atoms with Crippen molar-refractivity contribution in [2.45, 2.75) is 31.6 Å². The molecule has 1 amide bonds. The molecule has 0 saturated carbocycles. The van der Waals surface area contributed by atoms with Crippen LogP contribution in [-0.2, 0) is 4.79 Å². The van der Waals surface area contributed by atoms with E-state index in [4.69, 9.17) is 10.4 Å². The number of hydrogen-bond donors (Lipinski definition) is 2. The van der Waals surface area contributed by atoms with Crippen LogP contribution in [0.1, 0.15) is 32.3 Å². The van der Waals surface area contributed by atoms with E-state index in [2.05, 4.69) is 11.4 Å². The average molecular weight is 306 g/mol. The number of amides is 1. The first kappa shape index (κ1) is 17.5. The summed E-state index contributed by atoms with van der Waals surface area (Å²) in [6.45, 7) is 4.82. The zero-order chi connectivity index (χ0) is 15.7. The highest BCUT2D eigenvalue weighted by Gasteiger charge is 2.15. The molecule has 0 heterocycles. The molecular formula is C16H22N2O2S. The Morgan fingerprint density at radius 3 is 2.62 bits per heavy atom. The van der Waals surface area contributed by atoms with Crippen molar-refractivity contribution < 1.29 is 9.90 Å². The zero-order valence-electron chi connectivity index (χ0n) is 12.6. The minimum Gasteiger partial charge on any atom is -0.396 e. The lowest BCUT2D eigenvalue weighted by molar-refractivity contribution is -0.118. The first-order valence-corrected chi connectivity index (χ1v) is 7.96. The predicted molar refractivity (Wildman–Crippen MR) is 85.0 cm³/mol. The van der Waals surface area contributed by atoms with Crippen LogP contribution in [0.3, 0.4) is 0 Å². The van der Waals surface area contributed by atoms with Crippen molar-refractivity contribution in [3.05, 3.63) is 29.8 Å². The summed E-state index contributed by atoms with van der Waals surface area (Å²) in [7, 11) is 0. The zero-order valence-corrected chi connectivity index (χ0v) is 13.4. The number of carbonyl (C=O) groups is 1. The molecule has 0 radical (unpaired) electrons. The highest BCUT2D eigenvalue weighted by Crippen LogP contribution is 2.20. The number of nitriles is 1. The lowest BCUT2D eigenvalue weighted by Crippen LogP contribution is -2.27. The van der Waals surface area contributed by atoms with Gasteiger partial charge in [-0.05, 0) is 42.5 Å². The average Bonchev–Trinajstić information content (AvgIpc) is 2.50. The van der Waals surface area contributed by atoms with Crippen molar-refractivity contribution in [1.82, 2.24) is 5.32 Å². The number of thioether (sulfide) groups is 1. The summed E-state index contributed by atoms with van der Waals surface area (Å²) in [4.78, 5) is 12.7. The minimum absolute atomic E-state index is 0.00571. The molecule has 5 heteroatoms. The van der Waals surface area contributed by atoms with E-state index in [1.807, 2.05) is 26.0 Å². The van der Waals surface area contributed by atoms with E-state index in [0.29, 0.717) is 17.9 Å². The Morgan fingerprint density at radius 1 is 1.38 bits per heavy atom. The third kappa shape index (κ3) is 7.16. The number of hydrogen-bond acceptors (Lipinski definition) is 4. The highest BCUT2D eigenvalue weighted by molar-refractivity contribution is 8.00. The Morgan fingerprint density at radius 2 is 2.05 bits per heavy atom. The third-order valence-electron chi connectivity index (χ3n) is 3.13. The Bertz CT molecular complexity index is 492. The molecule has 114 valence electrons. The molecule has 0 unspecified atom stereocenters. The molecule has 0 aliphatic rings. The van der Waals surface area contributed by atoms with E-state index in [1.54, 1.807) is 12.1 Å². The quantitative estimate of drug-likeness (QED) is 0.572. The van der Waals surface area contributed by atoms with E-state index in [9.17, 15) is 4.79 Å².